The number of carbonyl (C=O) groups is 1. The van der Waals surface area contributed by atoms with Gasteiger partial charge in [-0.15, -0.1) is 0 Å². The summed E-state index contributed by atoms with van der Waals surface area (Å²) in [6.07, 6.45) is 0.822. The second kappa shape index (κ2) is 7.61. The van der Waals surface area contributed by atoms with E-state index in [1.807, 2.05) is 13.8 Å². The molecule has 1 N–H and O–H groups in total. The molecule has 142 valence electrons. The van der Waals surface area contributed by atoms with E-state index in [2.05, 4.69) is 15.1 Å². The Morgan fingerprint density at radius 2 is 2.07 bits per heavy atom. The number of nitrogens with zero attached hydrogens (tertiary/aromatic N) is 3. The van der Waals surface area contributed by atoms with Crippen LogP contribution < -0.4 is 10.3 Å². The van der Waals surface area contributed by atoms with Crippen LogP contribution in [0, 0.1) is 6.92 Å². The van der Waals surface area contributed by atoms with E-state index < -0.39 is 5.97 Å². The second-order valence-electron chi connectivity index (χ2n) is 6.07. The highest BCUT2D eigenvalue weighted by Gasteiger charge is 2.18. The predicted molar refractivity (Wildman–Crippen MR) is 101 cm³/mol. The van der Waals surface area contributed by atoms with E-state index in [1.165, 1.54) is 7.11 Å². The van der Waals surface area contributed by atoms with Crippen molar-refractivity contribution in [2.45, 2.75) is 33.7 Å². The largest absolute Gasteiger partial charge is 0.493 e. The molecule has 0 atom stereocenters. The zero-order valence-electron chi connectivity index (χ0n) is 15.8. The van der Waals surface area contributed by atoms with E-state index >= 15 is 0 Å². The number of H-pyrrole nitrogens is 1. The quantitative estimate of drug-likeness (QED) is 0.670. The second-order valence-corrected chi connectivity index (χ2v) is 6.07. The number of methoxy groups -OCH3 is 1. The van der Waals surface area contributed by atoms with Gasteiger partial charge in [0.25, 0.3) is 5.56 Å². The Morgan fingerprint density at radius 3 is 2.74 bits per heavy atom. The summed E-state index contributed by atoms with van der Waals surface area (Å²) in [5.41, 5.74) is 1.71. The minimum Gasteiger partial charge on any atom is -0.493 e. The van der Waals surface area contributed by atoms with Gasteiger partial charge < -0.3 is 14.5 Å². The minimum absolute atomic E-state index is 0.280. The fraction of sp³-hybridized carbons (Fsp3) is 0.368. The lowest BCUT2D eigenvalue weighted by Crippen LogP contribution is -2.12. The Balaban J connectivity index is 2.24. The first-order valence-electron chi connectivity index (χ1n) is 8.83. The molecule has 0 saturated heterocycles. The average Bonchev–Trinajstić information content (AvgIpc) is 3.01. The van der Waals surface area contributed by atoms with Crippen LogP contribution in [0.3, 0.4) is 0 Å². The number of esters is 1. The average molecular weight is 370 g/mol. The molecular weight excluding hydrogens is 348 g/mol. The Kier molecular flexibility index (Phi) is 5.25. The third-order valence-electron chi connectivity index (χ3n) is 4.19. The van der Waals surface area contributed by atoms with Gasteiger partial charge in [0.2, 0.25) is 0 Å². The van der Waals surface area contributed by atoms with E-state index in [0.29, 0.717) is 52.6 Å². The molecular formula is C19H22N4O4. The van der Waals surface area contributed by atoms with Gasteiger partial charge in [-0.3, -0.25) is 4.79 Å². The maximum Gasteiger partial charge on any atom is 0.337 e. The van der Waals surface area contributed by atoms with Gasteiger partial charge in [0.05, 0.1) is 30.5 Å². The molecule has 0 spiro atoms. The van der Waals surface area contributed by atoms with Gasteiger partial charge in [-0.1, -0.05) is 6.92 Å². The molecule has 27 heavy (non-hydrogen) atoms. The zero-order valence-corrected chi connectivity index (χ0v) is 15.8. The number of carbonyl (C=O) groups excluding carboxylic acids is 1. The van der Waals surface area contributed by atoms with Gasteiger partial charge in [-0.25, -0.2) is 14.5 Å². The van der Waals surface area contributed by atoms with E-state index in [4.69, 9.17) is 9.47 Å². The first-order valence-corrected chi connectivity index (χ1v) is 8.83. The first kappa shape index (κ1) is 18.6. The van der Waals surface area contributed by atoms with Crippen LogP contribution in [-0.4, -0.2) is 39.4 Å². The minimum atomic E-state index is -0.476. The summed E-state index contributed by atoms with van der Waals surface area (Å²) in [5.74, 6) is 0.376. The fourth-order valence-electron chi connectivity index (χ4n) is 2.90. The smallest absolute Gasteiger partial charge is 0.337 e. The maximum absolute atomic E-state index is 12.6. The van der Waals surface area contributed by atoms with E-state index in [-0.39, 0.29) is 5.56 Å². The van der Waals surface area contributed by atoms with Crippen molar-refractivity contribution in [3.63, 3.8) is 0 Å². The summed E-state index contributed by atoms with van der Waals surface area (Å²) in [4.78, 5) is 32.0. The Bertz CT molecular complexity index is 1050. The standard InChI is InChI=1S/C19H22N4O4/c1-5-9-27-14-8-7-12(19(25)26-4)10-13(14)16-20-17-15(18(24)21-16)11(3)22-23(17)6-2/h7-8,10H,5-6,9H2,1-4H3,(H,20,21,24). The molecule has 0 aliphatic rings. The van der Waals surface area contributed by atoms with E-state index in [0.717, 1.165) is 6.42 Å². The number of ether oxygens (including phenoxy) is 2. The lowest BCUT2D eigenvalue weighted by molar-refractivity contribution is 0.0600. The van der Waals surface area contributed by atoms with E-state index in [1.54, 1.807) is 29.8 Å². The fourth-order valence-corrected chi connectivity index (χ4v) is 2.90. The van der Waals surface area contributed by atoms with Gasteiger partial charge in [-0.2, -0.15) is 5.10 Å². The molecule has 0 radical (unpaired) electrons. The molecule has 3 aromatic rings. The number of hydrogen-bond donors (Lipinski definition) is 1. The Hall–Kier alpha value is -3.16. The van der Waals surface area contributed by atoms with Crippen molar-refractivity contribution in [3.8, 4) is 17.1 Å². The number of fused-ring (bicyclic) bond motifs is 1. The molecule has 0 amide bonds. The highest BCUT2D eigenvalue weighted by atomic mass is 16.5. The number of aryl methyl sites for hydroxylation is 2. The number of rotatable bonds is 6. The summed E-state index contributed by atoms with van der Waals surface area (Å²) < 4.78 is 12.3. The van der Waals surface area contributed by atoms with Crippen molar-refractivity contribution in [2.24, 2.45) is 0 Å². The molecule has 3 rings (SSSR count). The topological polar surface area (TPSA) is 99.1 Å². The van der Waals surface area contributed by atoms with Crippen LogP contribution in [0.4, 0.5) is 0 Å². The number of aromatic nitrogens is 4. The van der Waals surface area contributed by atoms with Gasteiger partial charge >= 0.3 is 5.97 Å². The normalized spacial score (nSPS) is 11.0. The summed E-state index contributed by atoms with van der Waals surface area (Å²) in [5, 5.41) is 4.82. The Labute approximate surface area is 156 Å². The Morgan fingerprint density at radius 1 is 1.30 bits per heavy atom. The summed E-state index contributed by atoms with van der Waals surface area (Å²) >= 11 is 0. The number of nitrogens with one attached hydrogen (secondary N) is 1. The van der Waals surface area contributed by atoms with Crippen LogP contribution in [0.5, 0.6) is 5.75 Å². The van der Waals surface area contributed by atoms with Crippen molar-refractivity contribution >= 4 is 17.0 Å². The van der Waals surface area contributed by atoms with Crippen molar-refractivity contribution < 1.29 is 14.3 Å². The molecule has 8 nitrogen and oxygen atoms in total. The predicted octanol–water partition coefficient (Wildman–Crippen LogP) is 2.69. The molecule has 0 unspecified atom stereocenters. The lowest BCUT2D eigenvalue weighted by Gasteiger charge is -2.12. The van der Waals surface area contributed by atoms with Crippen molar-refractivity contribution in [1.29, 1.82) is 0 Å². The molecule has 2 aromatic heterocycles. The van der Waals surface area contributed by atoms with Crippen molar-refractivity contribution in [2.75, 3.05) is 13.7 Å². The first-order chi connectivity index (χ1) is 13.0. The molecule has 1 aromatic carbocycles. The van der Waals surface area contributed by atoms with Crippen LogP contribution in [0.25, 0.3) is 22.4 Å². The van der Waals surface area contributed by atoms with Crippen LogP contribution in [0.2, 0.25) is 0 Å². The van der Waals surface area contributed by atoms with Crippen molar-refractivity contribution in [3.05, 3.63) is 39.8 Å². The third-order valence-corrected chi connectivity index (χ3v) is 4.19. The molecule has 0 bridgehead atoms. The van der Waals surface area contributed by atoms with Crippen LogP contribution in [0.15, 0.2) is 23.0 Å². The van der Waals surface area contributed by atoms with E-state index in [9.17, 15) is 9.59 Å². The molecule has 8 heteroatoms. The van der Waals surface area contributed by atoms with Gasteiger partial charge in [0.15, 0.2) is 5.65 Å². The molecule has 0 saturated carbocycles. The van der Waals surface area contributed by atoms with Crippen molar-refractivity contribution in [1.82, 2.24) is 19.7 Å². The SMILES string of the molecule is CCCOc1ccc(C(=O)OC)cc1-c1nc2c(c(C)nn2CC)c(=O)[nH]1. The van der Waals surface area contributed by atoms with Crippen LogP contribution in [0.1, 0.15) is 36.3 Å². The molecule has 0 aliphatic heterocycles. The summed E-state index contributed by atoms with van der Waals surface area (Å²) in [7, 11) is 1.32. The maximum atomic E-state index is 12.6. The third kappa shape index (κ3) is 3.42. The molecule has 0 fully saturated rings. The number of benzene rings is 1. The molecule has 0 aliphatic carbocycles. The number of aromatic amines is 1. The van der Waals surface area contributed by atoms with Gasteiger partial charge in [0, 0.05) is 6.54 Å². The van der Waals surface area contributed by atoms with Crippen LogP contribution >= 0.6 is 0 Å². The van der Waals surface area contributed by atoms with Gasteiger partial charge in [-0.05, 0) is 38.5 Å². The zero-order chi connectivity index (χ0) is 19.6. The summed E-state index contributed by atoms with van der Waals surface area (Å²) in [6.45, 7) is 6.79. The van der Waals surface area contributed by atoms with Gasteiger partial charge in [0.1, 0.15) is 17.0 Å². The molecule has 2 heterocycles. The summed E-state index contributed by atoms with van der Waals surface area (Å²) in [6, 6.07) is 4.92. The van der Waals surface area contributed by atoms with Crippen LogP contribution in [-0.2, 0) is 11.3 Å². The highest BCUT2D eigenvalue weighted by molar-refractivity contribution is 5.91. The monoisotopic (exact) mass is 370 g/mol. The number of hydrogen-bond acceptors (Lipinski definition) is 6. The highest BCUT2D eigenvalue weighted by Crippen LogP contribution is 2.30. The lowest BCUT2D eigenvalue weighted by atomic mass is 10.1.